The monoisotopic (exact) mass is 462 g/mol. The van der Waals surface area contributed by atoms with Gasteiger partial charge in [0, 0.05) is 23.5 Å². The second-order valence-corrected chi connectivity index (χ2v) is 8.46. The molecule has 0 bridgehead atoms. The first kappa shape index (κ1) is 24.2. The van der Waals surface area contributed by atoms with Crippen molar-refractivity contribution in [1.29, 1.82) is 0 Å². The zero-order valence-electron chi connectivity index (χ0n) is 18.6. The fraction of sp³-hybridized carbons (Fsp3) is 0.240. The summed E-state index contributed by atoms with van der Waals surface area (Å²) >= 11 is 0. The molecule has 174 valence electrons. The van der Waals surface area contributed by atoms with Crippen molar-refractivity contribution >= 4 is 23.0 Å². The number of carbonyl (C=O) groups excluding carboxylic acids is 1. The zero-order valence-corrected chi connectivity index (χ0v) is 18.6. The second kappa shape index (κ2) is 9.21. The lowest BCUT2D eigenvalue weighted by Gasteiger charge is -2.31. The highest BCUT2D eigenvalue weighted by Gasteiger charge is 2.28. The first-order valence-corrected chi connectivity index (χ1v) is 10.3. The molecular formula is C25H23F5N2O. The zero-order chi connectivity index (χ0) is 24.5. The predicted octanol–water partition coefficient (Wildman–Crippen LogP) is 7.09. The van der Waals surface area contributed by atoms with Gasteiger partial charge in [-0.2, -0.15) is 0 Å². The van der Waals surface area contributed by atoms with E-state index in [0.29, 0.717) is 12.2 Å². The van der Waals surface area contributed by atoms with Crippen LogP contribution in [0.1, 0.15) is 43.6 Å². The van der Waals surface area contributed by atoms with Crippen molar-refractivity contribution in [2.24, 2.45) is 0 Å². The summed E-state index contributed by atoms with van der Waals surface area (Å²) in [5.74, 6) is -11.8. The molecule has 0 heterocycles. The van der Waals surface area contributed by atoms with Crippen LogP contribution in [0, 0.1) is 29.1 Å². The normalized spacial score (nSPS) is 11.4. The van der Waals surface area contributed by atoms with Crippen LogP contribution in [-0.4, -0.2) is 12.5 Å². The quantitative estimate of drug-likeness (QED) is 0.249. The van der Waals surface area contributed by atoms with Gasteiger partial charge in [-0.25, -0.2) is 22.0 Å². The highest BCUT2D eigenvalue weighted by Crippen LogP contribution is 2.37. The number of para-hydroxylation sites is 1. The number of benzene rings is 3. The lowest BCUT2D eigenvalue weighted by molar-refractivity contribution is 0.102. The fourth-order valence-electron chi connectivity index (χ4n) is 3.53. The molecule has 3 aromatic rings. The van der Waals surface area contributed by atoms with Gasteiger partial charge >= 0.3 is 0 Å². The maximum Gasteiger partial charge on any atom is 0.255 e. The van der Waals surface area contributed by atoms with Crippen molar-refractivity contribution in [3.05, 3.63) is 88.7 Å². The van der Waals surface area contributed by atoms with Gasteiger partial charge in [0.2, 0.25) is 5.82 Å². The number of nitrogens with one attached hydrogen (secondary N) is 1. The Morgan fingerprint density at radius 2 is 1.39 bits per heavy atom. The SMILES string of the molecule is CCN(c1ccccc1)c1cc(C(=O)Nc2c(F)c(F)c(F)c(F)c2F)ccc1C(C)(C)C. The Morgan fingerprint density at radius 3 is 1.91 bits per heavy atom. The standard InChI is InChI=1S/C25H23F5N2O/c1-5-32(15-9-7-6-8-10-15)17-13-14(11-12-16(17)25(2,3)4)24(33)31-23-21(29)19(27)18(26)20(28)22(23)30/h6-13H,5H2,1-4H3,(H,31,33). The van der Waals surface area contributed by atoms with Crippen molar-refractivity contribution in [2.75, 3.05) is 16.8 Å². The summed E-state index contributed by atoms with van der Waals surface area (Å²) < 4.78 is 68.4. The molecular weight excluding hydrogens is 439 g/mol. The van der Waals surface area contributed by atoms with Crippen LogP contribution in [0.2, 0.25) is 0 Å². The summed E-state index contributed by atoms with van der Waals surface area (Å²) in [5, 5.41) is 1.83. The molecule has 0 spiro atoms. The van der Waals surface area contributed by atoms with E-state index in [2.05, 4.69) is 0 Å². The maximum absolute atomic E-state index is 14.0. The van der Waals surface area contributed by atoms with E-state index in [9.17, 15) is 26.7 Å². The Bertz CT molecular complexity index is 1160. The molecule has 0 aromatic heterocycles. The van der Waals surface area contributed by atoms with Crippen molar-refractivity contribution < 1.29 is 26.7 Å². The Labute approximate surface area is 188 Å². The van der Waals surface area contributed by atoms with Gasteiger partial charge in [0.25, 0.3) is 5.91 Å². The number of halogens is 5. The van der Waals surface area contributed by atoms with Gasteiger partial charge in [-0.15, -0.1) is 0 Å². The lowest BCUT2D eigenvalue weighted by atomic mass is 9.84. The molecule has 3 aromatic carbocycles. The summed E-state index contributed by atoms with van der Waals surface area (Å²) in [7, 11) is 0. The van der Waals surface area contributed by atoms with Crippen LogP contribution in [0.4, 0.5) is 39.0 Å². The second-order valence-electron chi connectivity index (χ2n) is 8.46. The highest BCUT2D eigenvalue weighted by atomic mass is 19.2. The van der Waals surface area contributed by atoms with Gasteiger partial charge in [0.1, 0.15) is 5.69 Å². The molecule has 0 saturated carbocycles. The van der Waals surface area contributed by atoms with Crippen molar-refractivity contribution in [3.8, 4) is 0 Å². The van der Waals surface area contributed by atoms with E-state index >= 15 is 0 Å². The van der Waals surface area contributed by atoms with Gasteiger partial charge in [-0.3, -0.25) is 4.79 Å². The van der Waals surface area contributed by atoms with Crippen LogP contribution >= 0.6 is 0 Å². The van der Waals surface area contributed by atoms with Crippen LogP contribution in [-0.2, 0) is 5.41 Å². The predicted molar refractivity (Wildman–Crippen MR) is 118 cm³/mol. The average molecular weight is 462 g/mol. The van der Waals surface area contributed by atoms with Crippen LogP contribution < -0.4 is 10.2 Å². The summed E-state index contributed by atoms with van der Waals surface area (Å²) in [6.45, 7) is 8.48. The first-order chi connectivity index (χ1) is 15.5. The van der Waals surface area contributed by atoms with Gasteiger partial charge in [0.05, 0.1) is 0 Å². The summed E-state index contributed by atoms with van der Waals surface area (Å²) in [6.07, 6.45) is 0. The number of amides is 1. The molecule has 8 heteroatoms. The van der Waals surface area contributed by atoms with E-state index in [4.69, 9.17) is 0 Å². The smallest absolute Gasteiger partial charge is 0.255 e. The minimum atomic E-state index is -2.29. The Hall–Kier alpha value is -3.42. The Morgan fingerprint density at radius 1 is 0.848 bits per heavy atom. The molecule has 0 aliphatic rings. The molecule has 1 N–H and O–H groups in total. The molecule has 0 aliphatic heterocycles. The van der Waals surface area contributed by atoms with Gasteiger partial charge in [-0.1, -0.05) is 45.0 Å². The topological polar surface area (TPSA) is 32.3 Å². The van der Waals surface area contributed by atoms with E-state index in [1.807, 2.05) is 68.2 Å². The Balaban J connectivity index is 2.09. The molecule has 0 saturated heterocycles. The number of nitrogens with zero attached hydrogens (tertiary/aromatic N) is 1. The van der Waals surface area contributed by atoms with Gasteiger partial charge in [-0.05, 0) is 42.2 Å². The minimum Gasteiger partial charge on any atom is -0.342 e. The fourth-order valence-corrected chi connectivity index (χ4v) is 3.53. The van der Waals surface area contributed by atoms with Gasteiger partial charge < -0.3 is 10.2 Å². The number of carbonyl (C=O) groups is 1. The summed E-state index contributed by atoms with van der Waals surface area (Å²) in [5.41, 5.74) is 0.739. The highest BCUT2D eigenvalue weighted by molar-refractivity contribution is 6.05. The van der Waals surface area contributed by atoms with E-state index in [1.54, 1.807) is 12.1 Å². The summed E-state index contributed by atoms with van der Waals surface area (Å²) in [6, 6.07) is 14.1. The molecule has 3 nitrogen and oxygen atoms in total. The van der Waals surface area contributed by atoms with E-state index in [1.165, 1.54) is 6.07 Å². The van der Waals surface area contributed by atoms with Crippen LogP contribution in [0.5, 0.6) is 0 Å². The minimum absolute atomic E-state index is 0.00341. The first-order valence-electron chi connectivity index (χ1n) is 10.3. The molecule has 33 heavy (non-hydrogen) atoms. The molecule has 0 aliphatic carbocycles. The van der Waals surface area contributed by atoms with Crippen molar-refractivity contribution in [3.63, 3.8) is 0 Å². The molecule has 0 radical (unpaired) electrons. The third-order valence-corrected chi connectivity index (χ3v) is 5.19. The number of hydrogen-bond donors (Lipinski definition) is 1. The number of anilines is 3. The number of hydrogen-bond acceptors (Lipinski definition) is 2. The molecule has 0 atom stereocenters. The van der Waals surface area contributed by atoms with Crippen molar-refractivity contribution in [2.45, 2.75) is 33.1 Å². The molecule has 3 rings (SSSR count). The van der Waals surface area contributed by atoms with Gasteiger partial charge in [0.15, 0.2) is 23.3 Å². The van der Waals surface area contributed by atoms with Crippen LogP contribution in [0.3, 0.4) is 0 Å². The van der Waals surface area contributed by atoms with E-state index in [-0.39, 0.29) is 11.0 Å². The van der Waals surface area contributed by atoms with E-state index in [0.717, 1.165) is 11.3 Å². The largest absolute Gasteiger partial charge is 0.342 e. The van der Waals surface area contributed by atoms with Crippen molar-refractivity contribution in [1.82, 2.24) is 0 Å². The lowest BCUT2D eigenvalue weighted by Crippen LogP contribution is -2.24. The van der Waals surface area contributed by atoms with E-state index < -0.39 is 40.7 Å². The average Bonchev–Trinajstić information content (AvgIpc) is 2.79. The maximum atomic E-state index is 14.0. The Kier molecular flexibility index (Phi) is 6.76. The third kappa shape index (κ3) is 4.69. The molecule has 1 amide bonds. The molecule has 0 unspecified atom stereocenters. The number of rotatable bonds is 5. The summed E-state index contributed by atoms with van der Waals surface area (Å²) in [4.78, 5) is 14.8. The van der Waals surface area contributed by atoms with Crippen LogP contribution in [0.25, 0.3) is 0 Å². The van der Waals surface area contributed by atoms with Crippen LogP contribution in [0.15, 0.2) is 48.5 Å². The molecule has 0 fully saturated rings. The third-order valence-electron chi connectivity index (χ3n) is 5.19.